The van der Waals surface area contributed by atoms with E-state index in [0.717, 1.165) is 16.9 Å². The lowest BCUT2D eigenvalue weighted by atomic mass is 10.2. The fraction of sp³-hybridized carbons (Fsp3) is 0.308. The summed E-state index contributed by atoms with van der Waals surface area (Å²) in [6.07, 6.45) is 3.34. The Morgan fingerprint density at radius 2 is 2.20 bits per heavy atom. The predicted octanol–water partition coefficient (Wildman–Crippen LogP) is 2.32. The van der Waals surface area contributed by atoms with Crippen LogP contribution in [0.4, 0.5) is 5.69 Å². The van der Waals surface area contributed by atoms with Gasteiger partial charge in [0.2, 0.25) is 0 Å². The van der Waals surface area contributed by atoms with Gasteiger partial charge in [-0.3, -0.25) is 4.98 Å². The Balaban J connectivity index is 2.33. The molecule has 20 heavy (non-hydrogen) atoms. The number of nitrogens with two attached hydrogens (primary N) is 1. The number of thiophene rings is 1. The summed E-state index contributed by atoms with van der Waals surface area (Å²) >= 11 is 1.14. The van der Waals surface area contributed by atoms with Crippen LogP contribution in [0.5, 0.6) is 0 Å². The standard InChI is InChI=1S/C13H17N3O2S2/c1-10(2)16(8-11-4-3-5-15-7-11)20(17,18)13-6-12(14)9-19-13/h3-7,9-10H,8,14H2,1-2H3. The molecule has 0 saturated carbocycles. The number of sulfonamides is 1. The first-order valence-electron chi connectivity index (χ1n) is 6.16. The van der Waals surface area contributed by atoms with Crippen LogP contribution in [0.3, 0.4) is 0 Å². The first kappa shape index (κ1) is 15.0. The lowest BCUT2D eigenvalue weighted by Gasteiger charge is -2.25. The van der Waals surface area contributed by atoms with Crippen molar-refractivity contribution in [3.8, 4) is 0 Å². The number of aromatic nitrogens is 1. The highest BCUT2D eigenvalue weighted by Gasteiger charge is 2.28. The van der Waals surface area contributed by atoms with E-state index in [9.17, 15) is 8.42 Å². The van der Waals surface area contributed by atoms with E-state index in [4.69, 9.17) is 5.73 Å². The van der Waals surface area contributed by atoms with Crippen LogP contribution in [0.25, 0.3) is 0 Å². The molecule has 5 nitrogen and oxygen atoms in total. The van der Waals surface area contributed by atoms with Crippen LogP contribution in [0.1, 0.15) is 19.4 Å². The summed E-state index contributed by atoms with van der Waals surface area (Å²) in [6.45, 7) is 4.00. The zero-order chi connectivity index (χ0) is 14.8. The van der Waals surface area contributed by atoms with E-state index in [1.165, 1.54) is 10.4 Å². The van der Waals surface area contributed by atoms with Crippen LogP contribution >= 0.6 is 11.3 Å². The molecule has 0 bridgehead atoms. The van der Waals surface area contributed by atoms with Crippen molar-refractivity contribution < 1.29 is 8.42 Å². The van der Waals surface area contributed by atoms with Crippen molar-refractivity contribution in [1.82, 2.24) is 9.29 Å². The van der Waals surface area contributed by atoms with E-state index < -0.39 is 10.0 Å². The summed E-state index contributed by atoms with van der Waals surface area (Å²) in [5.41, 5.74) is 6.95. The average molecular weight is 311 g/mol. The lowest BCUT2D eigenvalue weighted by molar-refractivity contribution is 0.348. The van der Waals surface area contributed by atoms with Crippen LogP contribution in [-0.4, -0.2) is 23.7 Å². The second kappa shape index (κ2) is 5.90. The van der Waals surface area contributed by atoms with Gasteiger partial charge in [-0.15, -0.1) is 11.3 Å². The topological polar surface area (TPSA) is 76.3 Å². The van der Waals surface area contributed by atoms with Gasteiger partial charge in [0, 0.05) is 36.0 Å². The largest absolute Gasteiger partial charge is 0.398 e. The molecule has 0 aliphatic heterocycles. The van der Waals surface area contributed by atoms with Crippen molar-refractivity contribution in [3.63, 3.8) is 0 Å². The van der Waals surface area contributed by atoms with E-state index in [1.807, 2.05) is 19.9 Å². The molecule has 0 unspecified atom stereocenters. The molecule has 0 aromatic carbocycles. The summed E-state index contributed by atoms with van der Waals surface area (Å²) in [7, 11) is -3.53. The molecule has 2 N–H and O–H groups in total. The molecular formula is C13H17N3O2S2. The van der Waals surface area contributed by atoms with Crippen LogP contribution in [-0.2, 0) is 16.6 Å². The molecular weight excluding hydrogens is 294 g/mol. The second-order valence-electron chi connectivity index (χ2n) is 4.70. The third-order valence-corrected chi connectivity index (χ3v) is 6.25. The maximum absolute atomic E-state index is 12.7. The molecule has 2 heterocycles. The normalized spacial score (nSPS) is 12.2. The van der Waals surface area contributed by atoms with Crippen molar-refractivity contribution >= 4 is 27.0 Å². The number of pyridine rings is 1. The minimum absolute atomic E-state index is 0.150. The first-order chi connectivity index (χ1) is 9.41. The molecule has 0 fully saturated rings. The van der Waals surface area contributed by atoms with Crippen molar-refractivity contribution in [1.29, 1.82) is 0 Å². The van der Waals surface area contributed by atoms with Crippen molar-refractivity contribution in [2.24, 2.45) is 0 Å². The van der Waals surface area contributed by atoms with Gasteiger partial charge in [-0.25, -0.2) is 8.42 Å². The monoisotopic (exact) mass is 311 g/mol. The SMILES string of the molecule is CC(C)N(Cc1cccnc1)S(=O)(=O)c1cc(N)cs1. The average Bonchev–Trinajstić information content (AvgIpc) is 2.84. The lowest BCUT2D eigenvalue weighted by Crippen LogP contribution is -2.36. The first-order valence-corrected chi connectivity index (χ1v) is 8.48. The summed E-state index contributed by atoms with van der Waals surface area (Å²) in [5, 5.41) is 1.63. The van der Waals surface area contributed by atoms with Crippen molar-refractivity contribution in [2.45, 2.75) is 30.6 Å². The second-order valence-corrected chi connectivity index (χ2v) is 7.73. The molecule has 2 aromatic rings. The third kappa shape index (κ3) is 3.17. The van der Waals surface area contributed by atoms with Gasteiger partial charge in [0.25, 0.3) is 10.0 Å². The Bertz CT molecular complexity index is 666. The number of nitrogens with zero attached hydrogens (tertiary/aromatic N) is 2. The summed E-state index contributed by atoms with van der Waals surface area (Å²) in [5.74, 6) is 0. The van der Waals surface area contributed by atoms with Gasteiger partial charge in [0.1, 0.15) is 4.21 Å². The molecule has 0 spiro atoms. The third-order valence-electron chi connectivity index (χ3n) is 2.80. The molecule has 0 atom stereocenters. The number of nitrogen functional groups attached to an aromatic ring is 1. The summed E-state index contributed by atoms with van der Waals surface area (Å²) < 4.78 is 27.0. The molecule has 0 amide bonds. The van der Waals surface area contributed by atoms with Gasteiger partial charge in [-0.05, 0) is 31.5 Å². The Morgan fingerprint density at radius 3 is 2.70 bits per heavy atom. The van der Waals surface area contributed by atoms with Crippen LogP contribution < -0.4 is 5.73 Å². The highest BCUT2D eigenvalue weighted by atomic mass is 32.2. The molecule has 0 aliphatic carbocycles. The van der Waals surface area contributed by atoms with Crippen LogP contribution in [0.15, 0.2) is 40.2 Å². The molecule has 2 aromatic heterocycles. The molecule has 0 saturated heterocycles. The maximum atomic E-state index is 12.7. The van der Waals surface area contributed by atoms with Gasteiger partial charge in [-0.2, -0.15) is 4.31 Å². The number of anilines is 1. The molecule has 0 aliphatic rings. The van der Waals surface area contributed by atoms with Crippen LogP contribution in [0, 0.1) is 0 Å². The van der Waals surface area contributed by atoms with Crippen molar-refractivity contribution in [2.75, 3.05) is 5.73 Å². The van der Waals surface area contributed by atoms with E-state index in [0.29, 0.717) is 12.2 Å². The predicted molar refractivity (Wildman–Crippen MR) is 80.8 cm³/mol. The zero-order valence-electron chi connectivity index (χ0n) is 11.4. The number of hydrogen-bond acceptors (Lipinski definition) is 5. The molecule has 2 rings (SSSR count). The molecule has 108 valence electrons. The minimum Gasteiger partial charge on any atom is -0.398 e. The van der Waals surface area contributed by atoms with Gasteiger partial charge in [0.05, 0.1) is 0 Å². The number of rotatable bonds is 5. The Labute approximate surface area is 123 Å². The van der Waals surface area contributed by atoms with E-state index in [2.05, 4.69) is 4.98 Å². The molecule has 7 heteroatoms. The van der Waals surface area contributed by atoms with Gasteiger partial charge >= 0.3 is 0 Å². The van der Waals surface area contributed by atoms with Gasteiger partial charge in [0.15, 0.2) is 0 Å². The Kier molecular flexibility index (Phi) is 4.42. The van der Waals surface area contributed by atoms with Gasteiger partial charge < -0.3 is 5.73 Å². The van der Waals surface area contributed by atoms with Crippen molar-refractivity contribution in [3.05, 3.63) is 41.5 Å². The highest BCUT2D eigenvalue weighted by Crippen LogP contribution is 2.27. The fourth-order valence-corrected chi connectivity index (χ4v) is 4.63. The van der Waals surface area contributed by atoms with E-state index in [-0.39, 0.29) is 10.3 Å². The summed E-state index contributed by atoms with van der Waals surface area (Å²) in [4.78, 5) is 4.02. The molecule has 0 radical (unpaired) electrons. The smallest absolute Gasteiger partial charge is 0.253 e. The quantitative estimate of drug-likeness (QED) is 0.919. The maximum Gasteiger partial charge on any atom is 0.253 e. The van der Waals surface area contributed by atoms with Crippen LogP contribution in [0.2, 0.25) is 0 Å². The van der Waals surface area contributed by atoms with E-state index >= 15 is 0 Å². The Morgan fingerprint density at radius 1 is 1.45 bits per heavy atom. The fourth-order valence-electron chi connectivity index (χ4n) is 1.80. The van der Waals surface area contributed by atoms with Gasteiger partial charge in [-0.1, -0.05) is 6.07 Å². The van der Waals surface area contributed by atoms with E-state index in [1.54, 1.807) is 23.8 Å². The minimum atomic E-state index is -3.53. The summed E-state index contributed by atoms with van der Waals surface area (Å²) in [6, 6.07) is 5.01. The zero-order valence-corrected chi connectivity index (χ0v) is 13.0. The highest BCUT2D eigenvalue weighted by molar-refractivity contribution is 7.91. The number of hydrogen-bond donors (Lipinski definition) is 1. The Hall–Kier alpha value is -1.44.